The van der Waals surface area contributed by atoms with Crippen molar-refractivity contribution in [1.82, 2.24) is 13.9 Å². The molecule has 0 radical (unpaired) electrons. The molecule has 0 spiro atoms. The third-order valence-corrected chi connectivity index (χ3v) is 2.99. The Morgan fingerprint density at radius 1 is 1.44 bits per heavy atom. The van der Waals surface area contributed by atoms with E-state index in [4.69, 9.17) is 5.73 Å². The van der Waals surface area contributed by atoms with Crippen molar-refractivity contribution in [2.75, 3.05) is 17.6 Å². The predicted octanol–water partition coefficient (Wildman–Crippen LogP) is 1.81. The van der Waals surface area contributed by atoms with Gasteiger partial charge in [-0.05, 0) is 24.4 Å². The van der Waals surface area contributed by atoms with Crippen molar-refractivity contribution in [2.45, 2.75) is 19.4 Å². The molecule has 2 aromatic rings. The number of nitrogens with one attached hydrogen (secondary N) is 1. The molecule has 0 aliphatic heterocycles. The van der Waals surface area contributed by atoms with Crippen molar-refractivity contribution in [2.24, 2.45) is 0 Å². The second-order valence-electron chi connectivity index (χ2n) is 3.55. The summed E-state index contributed by atoms with van der Waals surface area (Å²) in [5, 5.41) is 4.34. The Hall–Kier alpha value is -1.56. The van der Waals surface area contributed by atoms with Crippen molar-refractivity contribution in [3.05, 3.63) is 24.8 Å². The fourth-order valence-electron chi connectivity index (χ4n) is 1.42. The first-order valence-corrected chi connectivity index (χ1v) is 6.04. The van der Waals surface area contributed by atoms with Crippen molar-refractivity contribution in [1.29, 1.82) is 0 Å². The Bertz CT molecular complexity index is 409. The average molecular weight is 237 g/mol. The lowest BCUT2D eigenvalue weighted by Gasteiger charge is -2.03. The van der Waals surface area contributed by atoms with Crippen molar-refractivity contribution in [3.63, 3.8) is 0 Å². The molecule has 2 rings (SSSR count). The lowest BCUT2D eigenvalue weighted by Crippen LogP contribution is -2.02. The van der Waals surface area contributed by atoms with E-state index in [0.717, 1.165) is 30.9 Å². The quantitative estimate of drug-likeness (QED) is 0.752. The largest absolute Gasteiger partial charge is 0.383 e. The van der Waals surface area contributed by atoms with Crippen molar-refractivity contribution < 1.29 is 0 Å². The van der Waals surface area contributed by atoms with Gasteiger partial charge in [-0.25, -0.2) is 4.98 Å². The van der Waals surface area contributed by atoms with E-state index in [-0.39, 0.29) is 0 Å². The number of rotatable bonds is 6. The van der Waals surface area contributed by atoms with Gasteiger partial charge in [-0.3, -0.25) is 0 Å². The number of nitrogens with two attached hydrogens (primary N) is 1. The molecule has 16 heavy (non-hydrogen) atoms. The molecule has 0 unspecified atom stereocenters. The van der Waals surface area contributed by atoms with Gasteiger partial charge in [0.25, 0.3) is 0 Å². The van der Waals surface area contributed by atoms with Crippen LogP contribution in [0, 0.1) is 0 Å². The maximum Gasteiger partial charge on any atom is 0.139 e. The van der Waals surface area contributed by atoms with Gasteiger partial charge in [0, 0.05) is 31.5 Å². The highest BCUT2D eigenvalue weighted by Crippen LogP contribution is 2.17. The summed E-state index contributed by atoms with van der Waals surface area (Å²) in [5.74, 6) is 0.589. The smallest absolute Gasteiger partial charge is 0.139 e. The van der Waals surface area contributed by atoms with Crippen LogP contribution in [0.15, 0.2) is 24.8 Å². The normalized spacial score (nSPS) is 10.5. The van der Waals surface area contributed by atoms with Gasteiger partial charge in [0.05, 0.1) is 6.33 Å². The number of aromatic nitrogens is 3. The standard InChI is InChI=1S/C10H15N5S/c11-9-7-10(16-14-9)13-3-1-2-5-15-6-4-12-8-15/h4,6-8,13H,1-3,5H2,(H2,11,14). The van der Waals surface area contributed by atoms with E-state index in [1.807, 2.05) is 18.6 Å². The highest BCUT2D eigenvalue weighted by Gasteiger charge is 1.97. The first-order valence-electron chi connectivity index (χ1n) is 5.26. The zero-order chi connectivity index (χ0) is 11.2. The Morgan fingerprint density at radius 2 is 2.38 bits per heavy atom. The molecule has 5 nitrogen and oxygen atoms in total. The third-order valence-electron chi connectivity index (χ3n) is 2.23. The summed E-state index contributed by atoms with van der Waals surface area (Å²) >= 11 is 1.40. The van der Waals surface area contributed by atoms with E-state index < -0.39 is 0 Å². The molecular weight excluding hydrogens is 222 g/mol. The molecule has 0 aliphatic carbocycles. The average Bonchev–Trinajstić information content (AvgIpc) is 2.89. The summed E-state index contributed by atoms with van der Waals surface area (Å²) in [7, 11) is 0. The minimum Gasteiger partial charge on any atom is -0.383 e. The fraction of sp³-hybridized carbons (Fsp3) is 0.400. The first kappa shape index (κ1) is 10.9. The molecule has 2 heterocycles. The summed E-state index contributed by atoms with van der Waals surface area (Å²) in [6.45, 7) is 1.98. The zero-order valence-corrected chi connectivity index (χ0v) is 9.78. The third kappa shape index (κ3) is 3.23. The van der Waals surface area contributed by atoms with E-state index >= 15 is 0 Å². The summed E-state index contributed by atoms with van der Waals surface area (Å²) in [5.41, 5.74) is 5.52. The number of hydrogen-bond acceptors (Lipinski definition) is 5. The van der Waals surface area contributed by atoms with Gasteiger partial charge in [0.2, 0.25) is 0 Å². The number of nitrogen functional groups attached to an aromatic ring is 1. The number of hydrogen-bond donors (Lipinski definition) is 2. The van der Waals surface area contributed by atoms with Crippen molar-refractivity contribution >= 4 is 22.4 Å². The highest BCUT2D eigenvalue weighted by atomic mass is 32.1. The minimum atomic E-state index is 0.589. The Balaban J connectivity index is 1.59. The number of aryl methyl sites for hydroxylation is 1. The van der Waals surface area contributed by atoms with E-state index in [0.29, 0.717) is 5.82 Å². The summed E-state index contributed by atoms with van der Waals surface area (Å²) in [6, 6.07) is 1.86. The first-order chi connectivity index (χ1) is 7.84. The zero-order valence-electron chi connectivity index (χ0n) is 8.97. The van der Waals surface area contributed by atoms with Crippen LogP contribution in [0.25, 0.3) is 0 Å². The monoisotopic (exact) mass is 237 g/mol. The van der Waals surface area contributed by atoms with Crippen LogP contribution in [0.3, 0.4) is 0 Å². The molecule has 0 atom stereocenters. The molecule has 0 saturated carbocycles. The van der Waals surface area contributed by atoms with Gasteiger partial charge in [-0.1, -0.05) is 0 Å². The number of nitrogens with zero attached hydrogens (tertiary/aromatic N) is 3. The molecule has 0 saturated heterocycles. The molecule has 86 valence electrons. The van der Waals surface area contributed by atoms with Crippen LogP contribution in [0.1, 0.15) is 12.8 Å². The Labute approximate surface area is 98.5 Å². The summed E-state index contributed by atoms with van der Waals surface area (Å²) in [4.78, 5) is 4.00. The van der Waals surface area contributed by atoms with Gasteiger partial charge in [-0.15, -0.1) is 0 Å². The molecular formula is C10H15N5S. The van der Waals surface area contributed by atoms with E-state index in [1.165, 1.54) is 11.5 Å². The molecule has 2 aromatic heterocycles. The van der Waals surface area contributed by atoms with E-state index in [1.54, 1.807) is 6.20 Å². The SMILES string of the molecule is Nc1cc(NCCCCn2ccnc2)sn1. The lowest BCUT2D eigenvalue weighted by molar-refractivity contribution is 0.621. The fourth-order valence-corrected chi connectivity index (χ4v) is 2.02. The second kappa shape index (κ2) is 5.50. The van der Waals surface area contributed by atoms with Crippen molar-refractivity contribution in [3.8, 4) is 0 Å². The van der Waals surface area contributed by atoms with E-state index in [9.17, 15) is 0 Å². The Kier molecular flexibility index (Phi) is 3.76. The van der Waals surface area contributed by atoms with Gasteiger partial charge in [0.1, 0.15) is 10.8 Å². The van der Waals surface area contributed by atoms with Crippen LogP contribution in [0.5, 0.6) is 0 Å². The predicted molar refractivity (Wildman–Crippen MR) is 66.5 cm³/mol. The van der Waals surface area contributed by atoms with E-state index in [2.05, 4.69) is 19.2 Å². The molecule has 0 fully saturated rings. The topological polar surface area (TPSA) is 68.8 Å². The van der Waals surface area contributed by atoms with Crippen LogP contribution in [-0.2, 0) is 6.54 Å². The van der Waals surface area contributed by atoms with Gasteiger partial charge < -0.3 is 15.6 Å². The maximum absolute atomic E-state index is 5.52. The molecule has 0 aliphatic rings. The molecule has 3 N–H and O–H groups in total. The maximum atomic E-state index is 5.52. The number of imidazole rings is 1. The second-order valence-corrected chi connectivity index (χ2v) is 4.36. The van der Waals surface area contributed by atoms with Gasteiger partial charge >= 0.3 is 0 Å². The van der Waals surface area contributed by atoms with Gasteiger partial charge in [-0.2, -0.15) is 4.37 Å². The number of unbranched alkanes of at least 4 members (excludes halogenated alkanes) is 1. The Morgan fingerprint density at radius 3 is 3.06 bits per heavy atom. The molecule has 0 bridgehead atoms. The van der Waals surface area contributed by atoms with Crippen LogP contribution >= 0.6 is 11.5 Å². The van der Waals surface area contributed by atoms with Gasteiger partial charge in [0.15, 0.2) is 0 Å². The molecule has 0 amide bonds. The molecule has 6 heteroatoms. The lowest BCUT2D eigenvalue weighted by atomic mass is 10.3. The van der Waals surface area contributed by atoms with Crippen LogP contribution in [0.4, 0.5) is 10.8 Å². The molecule has 0 aromatic carbocycles. The highest BCUT2D eigenvalue weighted by molar-refractivity contribution is 7.10. The van der Waals surface area contributed by atoms with Crippen LogP contribution in [-0.4, -0.2) is 20.5 Å². The van der Waals surface area contributed by atoms with Crippen LogP contribution in [0.2, 0.25) is 0 Å². The minimum absolute atomic E-state index is 0.589. The number of anilines is 2. The summed E-state index contributed by atoms with van der Waals surface area (Å²) < 4.78 is 6.09. The van der Waals surface area contributed by atoms with Crippen LogP contribution < -0.4 is 11.1 Å². The summed E-state index contributed by atoms with van der Waals surface area (Å²) in [6.07, 6.45) is 7.89.